The van der Waals surface area contributed by atoms with Gasteiger partial charge in [-0.2, -0.15) is 0 Å². The van der Waals surface area contributed by atoms with Crippen LogP contribution >= 0.6 is 11.3 Å². The number of thiazole rings is 1. The van der Waals surface area contributed by atoms with Crippen molar-refractivity contribution in [2.24, 2.45) is 5.92 Å². The number of nitrogens with zero attached hydrogens (tertiary/aromatic N) is 2. The van der Waals surface area contributed by atoms with E-state index in [0.29, 0.717) is 10.0 Å². The lowest BCUT2D eigenvalue weighted by Crippen LogP contribution is -2.29. The van der Waals surface area contributed by atoms with E-state index < -0.39 is 5.97 Å². The minimum atomic E-state index is -1.06. The van der Waals surface area contributed by atoms with Gasteiger partial charge in [-0.15, -0.1) is 0 Å². The van der Waals surface area contributed by atoms with Crippen molar-refractivity contribution in [1.29, 1.82) is 0 Å². The molecule has 1 atom stereocenters. The van der Waals surface area contributed by atoms with Gasteiger partial charge in [-0.3, -0.25) is 9.59 Å². The van der Waals surface area contributed by atoms with Crippen LogP contribution in [0.25, 0.3) is 6.08 Å². The van der Waals surface area contributed by atoms with Crippen LogP contribution in [0.3, 0.4) is 0 Å². The highest BCUT2D eigenvalue weighted by atomic mass is 32.1. The van der Waals surface area contributed by atoms with Gasteiger partial charge in [-0.25, -0.2) is 14.7 Å². The molecule has 94 valence electrons. The van der Waals surface area contributed by atoms with Crippen LogP contribution in [0.15, 0.2) is 12.3 Å². The molecule has 1 aliphatic rings. The number of aromatic nitrogens is 1. The zero-order valence-corrected chi connectivity index (χ0v) is 10.3. The van der Waals surface area contributed by atoms with Crippen molar-refractivity contribution >= 4 is 40.3 Å². The van der Waals surface area contributed by atoms with Crippen molar-refractivity contribution in [3.63, 3.8) is 0 Å². The van der Waals surface area contributed by atoms with E-state index in [-0.39, 0.29) is 24.2 Å². The predicted molar refractivity (Wildman–Crippen MR) is 65.1 cm³/mol. The van der Waals surface area contributed by atoms with Crippen LogP contribution in [-0.4, -0.2) is 27.9 Å². The third-order valence-electron chi connectivity index (χ3n) is 2.46. The molecule has 2 heterocycles. The molecule has 1 aromatic heterocycles. The molecule has 0 saturated carbocycles. The minimum Gasteiger partial charge on any atom is -0.478 e. The number of rotatable bonds is 3. The molecular formula is C11H10N2O4S. The fourth-order valence-corrected chi connectivity index (χ4v) is 2.44. The molecule has 1 aliphatic heterocycles. The van der Waals surface area contributed by atoms with E-state index in [0.717, 1.165) is 22.3 Å². The summed E-state index contributed by atoms with van der Waals surface area (Å²) in [5, 5.41) is 8.78. The normalized spacial score (nSPS) is 20.1. The lowest BCUT2D eigenvalue weighted by Gasteiger charge is -2.09. The van der Waals surface area contributed by atoms with Crippen molar-refractivity contribution < 1.29 is 19.5 Å². The molecule has 1 N–H and O–H groups in total. The van der Waals surface area contributed by atoms with Crippen LogP contribution < -0.4 is 4.90 Å². The van der Waals surface area contributed by atoms with Gasteiger partial charge in [-0.05, 0) is 6.08 Å². The van der Waals surface area contributed by atoms with Gasteiger partial charge >= 0.3 is 5.97 Å². The molecule has 0 spiro atoms. The number of imide groups is 1. The zero-order chi connectivity index (χ0) is 13.3. The molecule has 1 aromatic rings. The van der Waals surface area contributed by atoms with Crippen molar-refractivity contribution in [3.05, 3.63) is 17.2 Å². The highest BCUT2D eigenvalue weighted by Crippen LogP contribution is 2.30. The Morgan fingerprint density at radius 3 is 2.89 bits per heavy atom. The molecule has 1 unspecified atom stereocenters. The fourth-order valence-electron chi connectivity index (χ4n) is 1.60. The Hall–Kier alpha value is -2.02. The van der Waals surface area contributed by atoms with Crippen LogP contribution in [0.1, 0.15) is 18.2 Å². The van der Waals surface area contributed by atoms with E-state index in [4.69, 9.17) is 5.11 Å². The zero-order valence-electron chi connectivity index (χ0n) is 9.49. The first kappa shape index (κ1) is 12.4. The Labute approximate surface area is 107 Å². The number of aliphatic carboxylic acids is 1. The Kier molecular flexibility index (Phi) is 3.24. The number of hydrogen-bond acceptors (Lipinski definition) is 5. The molecule has 0 aliphatic carbocycles. The van der Waals surface area contributed by atoms with Crippen LogP contribution in [0.5, 0.6) is 0 Å². The van der Waals surface area contributed by atoms with Gasteiger partial charge in [0.05, 0.1) is 0 Å². The Balaban J connectivity index is 2.23. The first-order chi connectivity index (χ1) is 8.49. The molecule has 0 radical (unpaired) electrons. The molecule has 7 heteroatoms. The van der Waals surface area contributed by atoms with E-state index in [1.165, 1.54) is 12.3 Å². The van der Waals surface area contributed by atoms with Crippen molar-refractivity contribution in [2.45, 2.75) is 13.3 Å². The lowest BCUT2D eigenvalue weighted by atomic mass is 10.1. The van der Waals surface area contributed by atoms with Crippen molar-refractivity contribution in [3.8, 4) is 0 Å². The summed E-state index contributed by atoms with van der Waals surface area (Å²) in [6, 6.07) is 0. The van der Waals surface area contributed by atoms with E-state index in [9.17, 15) is 14.4 Å². The lowest BCUT2D eigenvalue weighted by molar-refractivity contribution is -0.131. The van der Waals surface area contributed by atoms with Crippen LogP contribution in [0.4, 0.5) is 5.13 Å². The molecule has 2 rings (SSSR count). The number of hydrogen-bond donors (Lipinski definition) is 1. The Morgan fingerprint density at radius 1 is 1.61 bits per heavy atom. The maximum Gasteiger partial charge on any atom is 0.328 e. The third kappa shape index (κ3) is 2.30. The van der Waals surface area contributed by atoms with Gasteiger partial charge in [0, 0.05) is 29.5 Å². The second-order valence-corrected chi connectivity index (χ2v) is 4.93. The highest BCUT2D eigenvalue weighted by molar-refractivity contribution is 7.16. The van der Waals surface area contributed by atoms with Crippen LogP contribution in [-0.2, 0) is 14.4 Å². The van der Waals surface area contributed by atoms with Gasteiger partial charge in [0.25, 0.3) is 0 Å². The van der Waals surface area contributed by atoms with Crippen molar-refractivity contribution in [1.82, 2.24) is 4.98 Å². The largest absolute Gasteiger partial charge is 0.478 e. The van der Waals surface area contributed by atoms with Gasteiger partial charge in [0.2, 0.25) is 11.8 Å². The number of carboxylic acid groups (broad SMARTS) is 1. The molecule has 18 heavy (non-hydrogen) atoms. The number of carboxylic acids is 1. The molecule has 1 saturated heterocycles. The monoisotopic (exact) mass is 266 g/mol. The van der Waals surface area contributed by atoms with E-state index in [1.54, 1.807) is 6.92 Å². The number of carbonyl (C=O) groups excluding carboxylic acids is 2. The van der Waals surface area contributed by atoms with Crippen LogP contribution in [0.2, 0.25) is 0 Å². The topological polar surface area (TPSA) is 87.6 Å². The summed E-state index contributed by atoms with van der Waals surface area (Å²) in [4.78, 5) is 39.4. The van der Waals surface area contributed by atoms with Gasteiger partial charge < -0.3 is 5.11 Å². The summed E-state index contributed by atoms with van der Waals surface area (Å²) in [7, 11) is 0. The van der Waals surface area contributed by atoms with E-state index in [2.05, 4.69) is 4.98 Å². The van der Waals surface area contributed by atoms with Gasteiger partial charge in [-0.1, -0.05) is 18.3 Å². The fraction of sp³-hybridized carbons (Fsp3) is 0.273. The summed E-state index contributed by atoms with van der Waals surface area (Å²) in [5.41, 5.74) is 0. The summed E-state index contributed by atoms with van der Waals surface area (Å²) in [6.07, 6.45) is 3.98. The van der Waals surface area contributed by atoms with Gasteiger partial charge in [0.1, 0.15) is 0 Å². The molecular weight excluding hydrogens is 256 g/mol. The number of anilines is 1. The molecule has 1 fully saturated rings. The number of amides is 2. The second-order valence-electron chi connectivity index (χ2n) is 3.89. The maximum absolute atomic E-state index is 11.8. The first-order valence-corrected chi connectivity index (χ1v) is 6.04. The molecule has 0 bridgehead atoms. The summed E-state index contributed by atoms with van der Waals surface area (Å²) in [5.74, 6) is -1.91. The maximum atomic E-state index is 11.8. The standard InChI is InChI=1S/C11H10N2O4S/c1-6-4-8(14)13(10(6)17)11-12-5-7(18-11)2-3-9(15)16/h2-3,5-6H,4H2,1H3,(H,15,16). The van der Waals surface area contributed by atoms with Crippen LogP contribution in [0, 0.1) is 5.92 Å². The van der Waals surface area contributed by atoms with Gasteiger partial charge in [0.15, 0.2) is 5.13 Å². The van der Waals surface area contributed by atoms with E-state index in [1.807, 2.05) is 0 Å². The third-order valence-corrected chi connectivity index (χ3v) is 3.41. The molecule has 2 amide bonds. The number of carbonyl (C=O) groups is 3. The summed E-state index contributed by atoms with van der Waals surface area (Å²) in [6.45, 7) is 1.69. The quantitative estimate of drug-likeness (QED) is 0.654. The predicted octanol–water partition coefficient (Wildman–Crippen LogP) is 1.14. The Morgan fingerprint density at radius 2 is 2.33 bits per heavy atom. The minimum absolute atomic E-state index is 0.193. The summed E-state index contributed by atoms with van der Waals surface area (Å²) >= 11 is 1.10. The second kappa shape index (κ2) is 4.69. The average Bonchev–Trinajstić information content (AvgIpc) is 2.83. The average molecular weight is 266 g/mol. The molecule has 0 aromatic carbocycles. The molecule has 6 nitrogen and oxygen atoms in total. The van der Waals surface area contributed by atoms with E-state index >= 15 is 0 Å². The highest BCUT2D eigenvalue weighted by Gasteiger charge is 2.38. The Bertz CT molecular complexity index is 549. The first-order valence-electron chi connectivity index (χ1n) is 5.22. The summed E-state index contributed by atoms with van der Waals surface area (Å²) < 4.78 is 0. The smallest absolute Gasteiger partial charge is 0.328 e. The van der Waals surface area contributed by atoms with Crippen molar-refractivity contribution in [2.75, 3.05) is 4.90 Å². The SMILES string of the molecule is CC1CC(=O)N(c2ncc(C=CC(=O)O)s2)C1=O.